The van der Waals surface area contributed by atoms with Crippen molar-refractivity contribution in [3.05, 3.63) is 28.5 Å². The number of aromatic nitrogens is 1. The molecule has 0 aliphatic carbocycles. The molecular weight excluding hydrogens is 202 g/mol. The average Bonchev–Trinajstić information content (AvgIpc) is 2.68. The summed E-state index contributed by atoms with van der Waals surface area (Å²) in [6.07, 6.45) is 6.80. The van der Waals surface area contributed by atoms with Crippen molar-refractivity contribution in [2.24, 2.45) is 9.98 Å². The quantitative estimate of drug-likeness (QED) is 0.733. The molecule has 1 N–H and O–H groups in total. The van der Waals surface area contributed by atoms with E-state index in [0.29, 0.717) is 10.7 Å². The average molecular weight is 206 g/mol. The lowest BCUT2D eigenvalue weighted by Gasteiger charge is -1.83. The maximum absolute atomic E-state index is 10.6. The highest BCUT2D eigenvalue weighted by Crippen LogP contribution is 2.14. The first-order valence-corrected chi connectivity index (χ1v) is 4.46. The zero-order valence-corrected chi connectivity index (χ0v) is 7.65. The summed E-state index contributed by atoms with van der Waals surface area (Å²) < 4.78 is 0. The molecule has 6 heteroatoms. The topological polar surface area (TPSA) is 74.9 Å². The van der Waals surface area contributed by atoms with Crippen molar-refractivity contribution >= 4 is 29.2 Å². The lowest BCUT2D eigenvalue weighted by molar-refractivity contribution is 0.0702. The Bertz CT molecular complexity index is 459. The van der Waals surface area contributed by atoms with Crippen LogP contribution in [0, 0.1) is 6.20 Å². The van der Waals surface area contributed by atoms with Crippen molar-refractivity contribution in [1.29, 1.82) is 0 Å². The first-order chi connectivity index (χ1) is 6.77. The van der Waals surface area contributed by atoms with Crippen molar-refractivity contribution in [2.45, 2.75) is 0 Å². The maximum atomic E-state index is 10.6. The Kier molecular flexibility index (Phi) is 2.14. The molecule has 68 valence electrons. The monoisotopic (exact) mass is 206 g/mol. The molecule has 0 atom stereocenters. The summed E-state index contributed by atoms with van der Waals surface area (Å²) in [5, 5.41) is 9.21. The first kappa shape index (κ1) is 8.68. The van der Waals surface area contributed by atoms with Gasteiger partial charge in [0.25, 0.3) is 5.71 Å². The predicted octanol–water partition coefficient (Wildman–Crippen LogP) is 0.989. The van der Waals surface area contributed by atoms with Gasteiger partial charge in [-0.2, -0.15) is 0 Å². The molecule has 0 radical (unpaired) electrons. The standard InChI is InChI=1S/C8H3N3O2S/c12-8(13)6-4-11-7(14-6)5-3-9-1-2-10-5/h1,3-4H/p+1. The van der Waals surface area contributed by atoms with Crippen LogP contribution in [0.2, 0.25) is 0 Å². The summed E-state index contributed by atoms with van der Waals surface area (Å²) in [7, 11) is 0. The van der Waals surface area contributed by atoms with E-state index >= 15 is 0 Å². The van der Waals surface area contributed by atoms with Crippen LogP contribution in [0.3, 0.4) is 0 Å². The van der Waals surface area contributed by atoms with Crippen molar-refractivity contribution in [2.75, 3.05) is 0 Å². The third-order valence-corrected chi connectivity index (χ3v) is 2.46. The molecule has 14 heavy (non-hydrogen) atoms. The number of hydrogen-bond donors (Lipinski definition) is 1. The van der Waals surface area contributed by atoms with Gasteiger partial charge in [-0.15, -0.1) is 0 Å². The first-order valence-electron chi connectivity index (χ1n) is 3.65. The van der Waals surface area contributed by atoms with Crippen LogP contribution in [0.1, 0.15) is 14.7 Å². The van der Waals surface area contributed by atoms with Gasteiger partial charge in [0.05, 0.1) is 6.20 Å². The molecule has 1 aromatic heterocycles. The minimum atomic E-state index is -0.985. The Labute approximate surface area is 83.2 Å². The number of carboxylic acids is 1. The van der Waals surface area contributed by atoms with Gasteiger partial charge in [0.1, 0.15) is 11.1 Å². The minimum absolute atomic E-state index is 0.186. The third kappa shape index (κ3) is 1.56. The van der Waals surface area contributed by atoms with Crippen LogP contribution in [-0.2, 0) is 0 Å². The summed E-state index contributed by atoms with van der Waals surface area (Å²) >= 11 is 1.06. The second-order valence-corrected chi connectivity index (χ2v) is 3.40. The summed E-state index contributed by atoms with van der Waals surface area (Å²) in [4.78, 5) is 22.4. The Morgan fingerprint density at radius 3 is 3.00 bits per heavy atom. The molecule has 0 amide bonds. The minimum Gasteiger partial charge on any atom is -0.477 e. The second kappa shape index (κ2) is 3.45. The van der Waals surface area contributed by atoms with Gasteiger partial charge in [-0.3, -0.25) is 0 Å². The van der Waals surface area contributed by atoms with Crippen LogP contribution in [0.15, 0.2) is 22.4 Å². The summed E-state index contributed by atoms with van der Waals surface area (Å²) in [5.74, 6) is -0.985. The van der Waals surface area contributed by atoms with Crippen LogP contribution < -0.4 is 0 Å². The van der Waals surface area contributed by atoms with E-state index in [0.717, 1.165) is 11.3 Å². The molecule has 0 unspecified atom stereocenters. The molecule has 2 heterocycles. The number of thiazole rings is 1. The van der Waals surface area contributed by atoms with Crippen LogP contribution in [0.4, 0.5) is 0 Å². The molecule has 0 saturated carbocycles. The van der Waals surface area contributed by atoms with Gasteiger partial charge in [-0.1, -0.05) is 11.3 Å². The molecule has 0 aromatic carbocycles. The van der Waals surface area contributed by atoms with E-state index in [4.69, 9.17) is 5.11 Å². The SMILES string of the molecule is O=C(O)c1cnc(C2=N[C+]=CN=C2)s1. The molecule has 1 aliphatic rings. The molecule has 1 aliphatic heterocycles. The number of aromatic carboxylic acids is 1. The predicted molar refractivity (Wildman–Crippen MR) is 51.9 cm³/mol. The van der Waals surface area contributed by atoms with E-state index < -0.39 is 5.97 Å². The van der Waals surface area contributed by atoms with Crippen LogP contribution in [0.25, 0.3) is 0 Å². The number of rotatable bonds is 2. The Hall–Kier alpha value is -1.91. The molecular formula is C8H4N3O2S+. The smallest absolute Gasteiger partial charge is 0.347 e. The number of nitrogens with zero attached hydrogens (tertiary/aromatic N) is 3. The maximum Gasteiger partial charge on any atom is 0.347 e. The molecule has 0 spiro atoms. The fourth-order valence-corrected chi connectivity index (χ4v) is 1.57. The lowest BCUT2D eigenvalue weighted by Crippen LogP contribution is -2.02. The normalized spacial score (nSPS) is 13.6. The van der Waals surface area contributed by atoms with Gasteiger partial charge in [0.2, 0.25) is 11.2 Å². The van der Waals surface area contributed by atoms with Crippen LogP contribution in [0.5, 0.6) is 0 Å². The zero-order valence-electron chi connectivity index (χ0n) is 6.84. The Balaban J connectivity index is 2.34. The molecule has 5 nitrogen and oxygen atoms in total. The van der Waals surface area contributed by atoms with Gasteiger partial charge < -0.3 is 5.11 Å². The highest BCUT2D eigenvalue weighted by atomic mass is 32.1. The van der Waals surface area contributed by atoms with Gasteiger partial charge in [0, 0.05) is 4.99 Å². The lowest BCUT2D eigenvalue weighted by atomic mass is 10.4. The highest BCUT2D eigenvalue weighted by molar-refractivity contribution is 7.16. The summed E-state index contributed by atoms with van der Waals surface area (Å²) in [6, 6.07) is 0. The van der Waals surface area contributed by atoms with Gasteiger partial charge in [-0.25, -0.2) is 14.8 Å². The largest absolute Gasteiger partial charge is 0.477 e. The van der Waals surface area contributed by atoms with E-state index in [9.17, 15) is 4.79 Å². The fourth-order valence-electron chi connectivity index (χ4n) is 0.863. The van der Waals surface area contributed by atoms with Crippen molar-refractivity contribution in [3.8, 4) is 0 Å². The van der Waals surface area contributed by atoms with E-state index in [-0.39, 0.29) is 4.88 Å². The highest BCUT2D eigenvalue weighted by Gasteiger charge is 2.18. The molecule has 0 bridgehead atoms. The molecule has 0 saturated heterocycles. The van der Waals surface area contributed by atoms with E-state index in [2.05, 4.69) is 21.2 Å². The van der Waals surface area contributed by atoms with E-state index in [1.165, 1.54) is 18.6 Å². The number of carbonyl (C=O) groups is 1. The third-order valence-electron chi connectivity index (χ3n) is 1.45. The zero-order chi connectivity index (χ0) is 9.97. The Morgan fingerprint density at radius 1 is 1.57 bits per heavy atom. The molecule has 2 rings (SSSR count). The van der Waals surface area contributed by atoms with Gasteiger partial charge in [0.15, 0.2) is 6.20 Å². The number of aliphatic imine (C=N–C) groups is 2. The molecule has 0 fully saturated rings. The number of hydrogen-bond acceptors (Lipinski definition) is 5. The summed E-state index contributed by atoms with van der Waals surface area (Å²) in [6.45, 7) is 0. The van der Waals surface area contributed by atoms with E-state index in [1.54, 1.807) is 0 Å². The van der Waals surface area contributed by atoms with Crippen molar-refractivity contribution < 1.29 is 9.90 Å². The van der Waals surface area contributed by atoms with Crippen LogP contribution in [-0.4, -0.2) is 28.0 Å². The summed E-state index contributed by atoms with van der Waals surface area (Å²) in [5.41, 5.74) is 0.532. The fraction of sp³-hybridized carbons (Fsp3) is 0. The van der Waals surface area contributed by atoms with Gasteiger partial charge >= 0.3 is 5.97 Å². The van der Waals surface area contributed by atoms with Gasteiger partial charge in [-0.05, 0) is 0 Å². The van der Waals surface area contributed by atoms with E-state index in [1.807, 2.05) is 0 Å². The van der Waals surface area contributed by atoms with Crippen molar-refractivity contribution in [1.82, 2.24) is 4.98 Å². The van der Waals surface area contributed by atoms with Crippen molar-refractivity contribution in [3.63, 3.8) is 0 Å². The molecule has 1 aromatic rings. The Morgan fingerprint density at radius 2 is 2.43 bits per heavy atom. The second-order valence-electron chi connectivity index (χ2n) is 2.37. The number of carboxylic acid groups (broad SMARTS) is 1. The van der Waals surface area contributed by atoms with Crippen LogP contribution >= 0.6 is 11.3 Å².